The Balaban J connectivity index is 1.88. The minimum Gasteiger partial charge on any atom is -0.387 e. The highest BCUT2D eigenvalue weighted by Crippen LogP contribution is 2.18. The molecule has 1 saturated heterocycles. The van der Waals surface area contributed by atoms with Gasteiger partial charge in [-0.15, -0.1) is 0 Å². The molecule has 0 spiro atoms. The molecule has 114 valence electrons. The summed E-state index contributed by atoms with van der Waals surface area (Å²) >= 11 is 0. The maximum absolute atomic E-state index is 11.6. The molecule has 2 atom stereocenters. The number of hydrogen-bond acceptors (Lipinski definition) is 4. The van der Waals surface area contributed by atoms with Gasteiger partial charge < -0.3 is 10.4 Å². The van der Waals surface area contributed by atoms with Crippen LogP contribution in [0.3, 0.4) is 0 Å². The monoisotopic (exact) mass is 290 g/mol. The molecule has 1 heterocycles. The van der Waals surface area contributed by atoms with E-state index in [1.807, 2.05) is 24.3 Å². The summed E-state index contributed by atoms with van der Waals surface area (Å²) in [6, 6.07) is 7.43. The zero-order valence-corrected chi connectivity index (χ0v) is 12.4. The Morgan fingerprint density at radius 1 is 1.24 bits per heavy atom. The summed E-state index contributed by atoms with van der Waals surface area (Å²) in [5.41, 5.74) is 2.04. The van der Waals surface area contributed by atoms with Crippen molar-refractivity contribution in [3.05, 3.63) is 35.4 Å². The van der Waals surface area contributed by atoms with Gasteiger partial charge in [0.15, 0.2) is 0 Å². The Morgan fingerprint density at radius 3 is 2.43 bits per heavy atom. The molecular formula is C16H22N2O3. The van der Waals surface area contributed by atoms with Crippen LogP contribution in [0.5, 0.6) is 0 Å². The Labute approximate surface area is 124 Å². The summed E-state index contributed by atoms with van der Waals surface area (Å²) in [5, 5.41) is 15.5. The van der Waals surface area contributed by atoms with Gasteiger partial charge in [0.05, 0.1) is 12.1 Å². The van der Waals surface area contributed by atoms with Crippen LogP contribution in [0.15, 0.2) is 24.3 Å². The number of aliphatic hydroxyl groups is 1. The number of carbonyl (C=O) groups is 2. The molecule has 0 bridgehead atoms. The van der Waals surface area contributed by atoms with Crippen LogP contribution in [0.25, 0.3) is 0 Å². The fraction of sp³-hybridized carbons (Fsp3) is 0.500. The number of benzene rings is 1. The van der Waals surface area contributed by atoms with Crippen molar-refractivity contribution in [2.75, 3.05) is 6.54 Å². The highest BCUT2D eigenvalue weighted by atomic mass is 16.3. The molecule has 1 aliphatic rings. The molecule has 0 aromatic heterocycles. The average molecular weight is 290 g/mol. The third-order valence-corrected chi connectivity index (χ3v) is 3.78. The lowest BCUT2D eigenvalue weighted by Gasteiger charge is -2.23. The van der Waals surface area contributed by atoms with Crippen LogP contribution in [0.2, 0.25) is 0 Å². The number of amides is 2. The van der Waals surface area contributed by atoms with Gasteiger partial charge in [0.2, 0.25) is 11.8 Å². The van der Waals surface area contributed by atoms with E-state index in [4.69, 9.17) is 0 Å². The average Bonchev–Trinajstić information content (AvgIpc) is 2.46. The van der Waals surface area contributed by atoms with Gasteiger partial charge in [-0.3, -0.25) is 14.9 Å². The molecule has 21 heavy (non-hydrogen) atoms. The van der Waals surface area contributed by atoms with E-state index in [1.165, 1.54) is 5.56 Å². The third kappa shape index (κ3) is 4.12. The van der Waals surface area contributed by atoms with E-state index in [2.05, 4.69) is 24.5 Å². The van der Waals surface area contributed by atoms with Crippen molar-refractivity contribution in [3.8, 4) is 0 Å². The molecule has 5 nitrogen and oxygen atoms in total. The van der Waals surface area contributed by atoms with E-state index in [1.54, 1.807) is 0 Å². The summed E-state index contributed by atoms with van der Waals surface area (Å²) in [5.74, 6) is -0.0886. The second-order valence-corrected chi connectivity index (χ2v) is 5.75. The van der Waals surface area contributed by atoms with E-state index in [-0.39, 0.29) is 18.4 Å². The molecule has 0 radical (unpaired) electrons. The summed E-state index contributed by atoms with van der Waals surface area (Å²) < 4.78 is 0. The molecule has 2 unspecified atom stereocenters. The van der Waals surface area contributed by atoms with Crippen molar-refractivity contribution < 1.29 is 14.7 Å². The SMILES string of the molecule is CC(C)c1ccc(C(O)CNC2CCC(=O)NC2=O)cc1. The van der Waals surface area contributed by atoms with Crippen LogP contribution in [0.4, 0.5) is 0 Å². The van der Waals surface area contributed by atoms with Gasteiger partial charge in [-0.25, -0.2) is 0 Å². The van der Waals surface area contributed by atoms with Crippen LogP contribution in [-0.2, 0) is 9.59 Å². The Bertz CT molecular complexity index is 511. The number of rotatable bonds is 5. The number of nitrogens with one attached hydrogen (secondary N) is 2. The predicted molar refractivity (Wildman–Crippen MR) is 79.7 cm³/mol. The first-order valence-corrected chi connectivity index (χ1v) is 7.32. The molecule has 2 amide bonds. The van der Waals surface area contributed by atoms with Crippen LogP contribution >= 0.6 is 0 Å². The standard InChI is InChI=1S/C16H22N2O3/c1-10(2)11-3-5-12(6-4-11)14(19)9-17-13-7-8-15(20)18-16(13)21/h3-6,10,13-14,17,19H,7-9H2,1-2H3,(H,18,20,21). The third-order valence-electron chi connectivity index (χ3n) is 3.78. The molecule has 5 heteroatoms. The maximum Gasteiger partial charge on any atom is 0.243 e. The highest BCUT2D eigenvalue weighted by molar-refractivity contribution is 6.00. The van der Waals surface area contributed by atoms with Gasteiger partial charge in [0, 0.05) is 13.0 Å². The van der Waals surface area contributed by atoms with Crippen LogP contribution in [-0.4, -0.2) is 29.5 Å². The summed E-state index contributed by atoms with van der Waals surface area (Å²) in [4.78, 5) is 22.7. The van der Waals surface area contributed by atoms with Gasteiger partial charge in [-0.2, -0.15) is 0 Å². The van der Waals surface area contributed by atoms with Gasteiger partial charge >= 0.3 is 0 Å². The van der Waals surface area contributed by atoms with E-state index >= 15 is 0 Å². The Kier molecular flexibility index (Phi) is 5.09. The van der Waals surface area contributed by atoms with E-state index < -0.39 is 12.1 Å². The lowest BCUT2D eigenvalue weighted by atomic mass is 9.99. The summed E-state index contributed by atoms with van der Waals surface area (Å²) in [6.45, 7) is 4.53. The minimum absolute atomic E-state index is 0.233. The van der Waals surface area contributed by atoms with Gasteiger partial charge in [0.1, 0.15) is 0 Å². The number of imide groups is 1. The van der Waals surface area contributed by atoms with Crippen molar-refractivity contribution in [3.63, 3.8) is 0 Å². The van der Waals surface area contributed by atoms with Gasteiger partial charge in [-0.1, -0.05) is 38.1 Å². The molecule has 2 rings (SSSR count). The molecule has 1 fully saturated rings. The van der Waals surface area contributed by atoms with Gasteiger partial charge in [0.25, 0.3) is 0 Å². The summed E-state index contributed by atoms with van der Waals surface area (Å²) in [6.07, 6.45) is 0.142. The minimum atomic E-state index is -0.670. The quantitative estimate of drug-likeness (QED) is 0.713. The second kappa shape index (κ2) is 6.83. The summed E-state index contributed by atoms with van der Waals surface area (Å²) in [7, 11) is 0. The van der Waals surface area contributed by atoms with Crippen molar-refractivity contribution >= 4 is 11.8 Å². The van der Waals surface area contributed by atoms with E-state index in [9.17, 15) is 14.7 Å². The van der Waals surface area contributed by atoms with Crippen molar-refractivity contribution in [2.24, 2.45) is 0 Å². The van der Waals surface area contributed by atoms with Crippen molar-refractivity contribution in [1.82, 2.24) is 10.6 Å². The first-order chi connectivity index (χ1) is 9.97. The predicted octanol–water partition coefficient (Wildman–Crippen LogP) is 1.24. The van der Waals surface area contributed by atoms with E-state index in [0.717, 1.165) is 5.56 Å². The smallest absolute Gasteiger partial charge is 0.243 e. The Hall–Kier alpha value is -1.72. The van der Waals surface area contributed by atoms with E-state index in [0.29, 0.717) is 18.8 Å². The van der Waals surface area contributed by atoms with Crippen molar-refractivity contribution in [1.29, 1.82) is 0 Å². The normalized spacial score (nSPS) is 20.5. The number of aliphatic hydroxyl groups excluding tert-OH is 1. The van der Waals surface area contributed by atoms with Crippen LogP contribution in [0.1, 0.15) is 49.8 Å². The lowest BCUT2D eigenvalue weighted by molar-refractivity contribution is -0.134. The first-order valence-electron chi connectivity index (χ1n) is 7.32. The topological polar surface area (TPSA) is 78.4 Å². The van der Waals surface area contributed by atoms with Gasteiger partial charge in [-0.05, 0) is 23.5 Å². The molecule has 3 N–H and O–H groups in total. The number of piperidine rings is 1. The fourth-order valence-electron chi connectivity index (χ4n) is 2.36. The molecule has 0 saturated carbocycles. The highest BCUT2D eigenvalue weighted by Gasteiger charge is 2.26. The fourth-order valence-corrected chi connectivity index (χ4v) is 2.36. The Morgan fingerprint density at radius 2 is 1.86 bits per heavy atom. The molecular weight excluding hydrogens is 268 g/mol. The van der Waals surface area contributed by atoms with Crippen molar-refractivity contribution in [2.45, 2.75) is 44.8 Å². The first kappa shape index (κ1) is 15.7. The molecule has 1 aliphatic heterocycles. The zero-order chi connectivity index (χ0) is 15.4. The maximum atomic E-state index is 11.6. The van der Waals surface area contributed by atoms with Crippen LogP contribution in [0, 0.1) is 0 Å². The molecule has 0 aliphatic carbocycles. The largest absolute Gasteiger partial charge is 0.387 e. The molecule has 1 aromatic rings. The number of carbonyl (C=O) groups excluding carboxylic acids is 2. The number of hydrogen-bond donors (Lipinski definition) is 3. The molecule has 1 aromatic carbocycles. The van der Waals surface area contributed by atoms with Crippen LogP contribution < -0.4 is 10.6 Å². The zero-order valence-electron chi connectivity index (χ0n) is 12.4. The second-order valence-electron chi connectivity index (χ2n) is 5.75. The lowest BCUT2D eigenvalue weighted by Crippen LogP contribution is -2.51.